The second kappa shape index (κ2) is 7.90. The molecule has 0 aliphatic carbocycles. The van der Waals surface area contributed by atoms with Crippen molar-refractivity contribution < 1.29 is 19.1 Å². The Balaban J connectivity index is 1.66. The molecular formula is C20H21N3O4. The molecule has 0 aromatic heterocycles. The average molecular weight is 367 g/mol. The summed E-state index contributed by atoms with van der Waals surface area (Å²) in [6.45, 7) is 1.73. The van der Waals surface area contributed by atoms with E-state index in [-0.39, 0.29) is 24.1 Å². The van der Waals surface area contributed by atoms with Crippen molar-refractivity contribution in [1.29, 1.82) is 0 Å². The smallest absolute Gasteiger partial charge is 0.229 e. The van der Waals surface area contributed by atoms with Gasteiger partial charge in [-0.25, -0.2) is 0 Å². The minimum absolute atomic E-state index is 0.111. The standard InChI is InChI=1S/C20H21N3O4/c1-13(24)21-15-7-9-16(10-8-15)22-20(26)14-11-19(25)23(12-14)17-5-3-4-6-18(17)27-2/h3-10,14H,11-12H2,1-2H3,(H,21,24)(H,22,26). The van der Waals surface area contributed by atoms with Crippen LogP contribution in [0, 0.1) is 5.92 Å². The monoisotopic (exact) mass is 367 g/mol. The number of ether oxygens (including phenoxy) is 1. The number of methoxy groups -OCH3 is 1. The maximum atomic E-state index is 12.6. The number of hydrogen-bond donors (Lipinski definition) is 2. The van der Waals surface area contributed by atoms with Gasteiger partial charge in [-0.1, -0.05) is 12.1 Å². The van der Waals surface area contributed by atoms with Crippen LogP contribution in [-0.2, 0) is 14.4 Å². The molecule has 7 nitrogen and oxygen atoms in total. The van der Waals surface area contributed by atoms with Crippen molar-refractivity contribution in [3.05, 3.63) is 48.5 Å². The van der Waals surface area contributed by atoms with Crippen molar-refractivity contribution >= 4 is 34.8 Å². The SMILES string of the molecule is COc1ccccc1N1CC(C(=O)Nc2ccc(NC(C)=O)cc2)CC1=O. The van der Waals surface area contributed by atoms with Gasteiger partial charge in [0, 0.05) is 31.3 Å². The van der Waals surface area contributed by atoms with E-state index in [1.807, 2.05) is 12.1 Å². The van der Waals surface area contributed by atoms with Crippen molar-refractivity contribution in [1.82, 2.24) is 0 Å². The maximum absolute atomic E-state index is 12.6. The minimum atomic E-state index is -0.447. The summed E-state index contributed by atoms with van der Waals surface area (Å²) in [6, 6.07) is 14.1. The largest absolute Gasteiger partial charge is 0.495 e. The highest BCUT2D eigenvalue weighted by atomic mass is 16.5. The van der Waals surface area contributed by atoms with E-state index in [1.54, 1.807) is 48.4 Å². The number of carbonyl (C=O) groups is 3. The predicted octanol–water partition coefficient (Wildman–Crippen LogP) is 2.65. The molecule has 140 valence electrons. The molecule has 3 amide bonds. The molecule has 2 aromatic rings. The van der Waals surface area contributed by atoms with Crippen molar-refractivity contribution in [2.75, 3.05) is 29.2 Å². The third-order valence-corrected chi connectivity index (χ3v) is 4.34. The highest BCUT2D eigenvalue weighted by molar-refractivity contribution is 6.04. The Morgan fingerprint density at radius 3 is 2.30 bits per heavy atom. The van der Waals surface area contributed by atoms with Gasteiger partial charge in [0.25, 0.3) is 0 Å². The molecule has 3 rings (SSSR count). The first-order valence-corrected chi connectivity index (χ1v) is 8.60. The summed E-state index contributed by atoms with van der Waals surface area (Å²) in [5.41, 5.74) is 1.93. The number of hydrogen-bond acceptors (Lipinski definition) is 4. The third kappa shape index (κ3) is 4.25. The highest BCUT2D eigenvalue weighted by Gasteiger charge is 2.36. The molecule has 0 bridgehead atoms. The Kier molecular flexibility index (Phi) is 5.40. The zero-order chi connectivity index (χ0) is 19.4. The van der Waals surface area contributed by atoms with E-state index in [9.17, 15) is 14.4 Å². The molecule has 1 unspecified atom stereocenters. The van der Waals surface area contributed by atoms with Crippen molar-refractivity contribution in [3.63, 3.8) is 0 Å². The van der Waals surface area contributed by atoms with E-state index in [1.165, 1.54) is 6.92 Å². The maximum Gasteiger partial charge on any atom is 0.229 e. The van der Waals surface area contributed by atoms with Gasteiger partial charge in [0.1, 0.15) is 5.75 Å². The molecule has 7 heteroatoms. The van der Waals surface area contributed by atoms with E-state index in [0.29, 0.717) is 29.4 Å². The molecule has 1 saturated heterocycles. The number of nitrogens with one attached hydrogen (secondary N) is 2. The van der Waals surface area contributed by atoms with Gasteiger partial charge in [0.2, 0.25) is 17.7 Å². The number of nitrogens with zero attached hydrogens (tertiary/aromatic N) is 1. The van der Waals surface area contributed by atoms with E-state index in [2.05, 4.69) is 10.6 Å². The minimum Gasteiger partial charge on any atom is -0.495 e. The molecule has 0 saturated carbocycles. The first kappa shape index (κ1) is 18.4. The predicted molar refractivity (Wildman–Crippen MR) is 103 cm³/mol. The lowest BCUT2D eigenvalue weighted by Crippen LogP contribution is -2.28. The van der Waals surface area contributed by atoms with Gasteiger partial charge in [-0.15, -0.1) is 0 Å². The van der Waals surface area contributed by atoms with Gasteiger partial charge in [0.05, 0.1) is 18.7 Å². The molecule has 2 N–H and O–H groups in total. The van der Waals surface area contributed by atoms with Crippen LogP contribution in [0.5, 0.6) is 5.75 Å². The van der Waals surface area contributed by atoms with Gasteiger partial charge in [-0.2, -0.15) is 0 Å². The lowest BCUT2D eigenvalue weighted by atomic mass is 10.1. The lowest BCUT2D eigenvalue weighted by Gasteiger charge is -2.19. The van der Waals surface area contributed by atoms with Crippen molar-refractivity contribution in [3.8, 4) is 5.75 Å². The van der Waals surface area contributed by atoms with Crippen LogP contribution in [0.15, 0.2) is 48.5 Å². The fraction of sp³-hybridized carbons (Fsp3) is 0.250. The number of benzene rings is 2. The molecular weight excluding hydrogens is 346 g/mol. The summed E-state index contributed by atoms with van der Waals surface area (Å²) in [6.07, 6.45) is 0.147. The first-order valence-electron chi connectivity index (χ1n) is 8.60. The number of rotatable bonds is 5. The third-order valence-electron chi connectivity index (χ3n) is 4.34. The average Bonchev–Trinajstić information content (AvgIpc) is 3.04. The Morgan fingerprint density at radius 2 is 1.67 bits per heavy atom. The molecule has 1 heterocycles. The molecule has 1 atom stereocenters. The van der Waals surface area contributed by atoms with Crippen LogP contribution in [-0.4, -0.2) is 31.4 Å². The summed E-state index contributed by atoms with van der Waals surface area (Å²) in [5.74, 6) is -0.334. The van der Waals surface area contributed by atoms with Crippen LogP contribution in [0.1, 0.15) is 13.3 Å². The topological polar surface area (TPSA) is 87.7 Å². The lowest BCUT2D eigenvalue weighted by molar-refractivity contribution is -0.122. The van der Waals surface area contributed by atoms with Crippen LogP contribution in [0.4, 0.5) is 17.1 Å². The van der Waals surface area contributed by atoms with Crippen LogP contribution in [0.2, 0.25) is 0 Å². The normalized spacial score (nSPS) is 16.1. The molecule has 27 heavy (non-hydrogen) atoms. The van der Waals surface area contributed by atoms with E-state index < -0.39 is 5.92 Å². The fourth-order valence-electron chi connectivity index (χ4n) is 3.05. The molecule has 0 radical (unpaired) electrons. The fourth-order valence-corrected chi connectivity index (χ4v) is 3.05. The molecule has 1 aliphatic heterocycles. The quantitative estimate of drug-likeness (QED) is 0.850. The molecule has 1 aliphatic rings. The van der Waals surface area contributed by atoms with E-state index in [0.717, 1.165) is 0 Å². The molecule has 0 spiro atoms. The van der Waals surface area contributed by atoms with Gasteiger partial charge in [0.15, 0.2) is 0 Å². The Morgan fingerprint density at radius 1 is 1.04 bits per heavy atom. The van der Waals surface area contributed by atoms with Crippen molar-refractivity contribution in [2.45, 2.75) is 13.3 Å². The van der Waals surface area contributed by atoms with Crippen LogP contribution < -0.4 is 20.3 Å². The number of para-hydroxylation sites is 2. The summed E-state index contributed by atoms with van der Waals surface area (Å²) < 4.78 is 5.31. The molecule has 1 fully saturated rings. The Bertz CT molecular complexity index is 864. The van der Waals surface area contributed by atoms with Crippen molar-refractivity contribution in [2.24, 2.45) is 5.92 Å². The van der Waals surface area contributed by atoms with Crippen LogP contribution in [0.25, 0.3) is 0 Å². The summed E-state index contributed by atoms with van der Waals surface area (Å²) in [4.78, 5) is 37.6. The zero-order valence-corrected chi connectivity index (χ0v) is 15.2. The van der Waals surface area contributed by atoms with Gasteiger partial charge in [-0.3, -0.25) is 14.4 Å². The second-order valence-electron chi connectivity index (χ2n) is 6.33. The van der Waals surface area contributed by atoms with E-state index >= 15 is 0 Å². The first-order chi connectivity index (χ1) is 13.0. The number of carbonyl (C=O) groups excluding carboxylic acids is 3. The highest BCUT2D eigenvalue weighted by Crippen LogP contribution is 2.33. The summed E-state index contributed by atoms with van der Waals surface area (Å²) in [5, 5.41) is 5.49. The molecule has 2 aromatic carbocycles. The van der Waals surface area contributed by atoms with Crippen LogP contribution in [0.3, 0.4) is 0 Å². The Hall–Kier alpha value is -3.35. The van der Waals surface area contributed by atoms with Gasteiger partial charge >= 0.3 is 0 Å². The van der Waals surface area contributed by atoms with Gasteiger partial charge in [-0.05, 0) is 36.4 Å². The Labute approximate surface area is 157 Å². The zero-order valence-electron chi connectivity index (χ0n) is 15.2. The van der Waals surface area contributed by atoms with Crippen LogP contribution >= 0.6 is 0 Å². The van der Waals surface area contributed by atoms with Gasteiger partial charge < -0.3 is 20.3 Å². The summed E-state index contributed by atoms with van der Waals surface area (Å²) >= 11 is 0. The second-order valence-corrected chi connectivity index (χ2v) is 6.33. The number of anilines is 3. The number of amides is 3. The summed E-state index contributed by atoms with van der Waals surface area (Å²) in [7, 11) is 1.55. The van der Waals surface area contributed by atoms with E-state index in [4.69, 9.17) is 4.74 Å².